The van der Waals surface area contributed by atoms with E-state index in [9.17, 15) is 14.4 Å². The first-order valence-corrected chi connectivity index (χ1v) is 12.4. The monoisotopic (exact) mass is 470 g/mol. The van der Waals surface area contributed by atoms with E-state index in [0.717, 1.165) is 66.0 Å². The Balaban J connectivity index is 1.39. The van der Waals surface area contributed by atoms with Gasteiger partial charge >= 0.3 is 0 Å². The second kappa shape index (κ2) is 9.90. The first-order valence-electron chi connectivity index (χ1n) is 12.4. The number of hydrogen-bond acceptors (Lipinski definition) is 5. The van der Waals surface area contributed by atoms with Gasteiger partial charge in [-0.15, -0.1) is 0 Å². The van der Waals surface area contributed by atoms with Gasteiger partial charge in [-0.1, -0.05) is 30.3 Å². The molecule has 1 amide bonds. The van der Waals surface area contributed by atoms with Crippen molar-refractivity contribution in [3.8, 4) is 5.75 Å². The van der Waals surface area contributed by atoms with Crippen molar-refractivity contribution in [3.63, 3.8) is 0 Å². The van der Waals surface area contributed by atoms with Crippen molar-refractivity contribution in [1.82, 2.24) is 4.90 Å². The van der Waals surface area contributed by atoms with Gasteiger partial charge in [-0.3, -0.25) is 14.4 Å². The molecule has 0 radical (unpaired) electrons. The van der Waals surface area contributed by atoms with E-state index in [1.165, 1.54) is 0 Å². The summed E-state index contributed by atoms with van der Waals surface area (Å²) in [7, 11) is 0. The molecule has 5 rings (SSSR count). The van der Waals surface area contributed by atoms with Crippen LogP contribution < -0.4 is 10.1 Å². The zero-order valence-corrected chi connectivity index (χ0v) is 20.0. The summed E-state index contributed by atoms with van der Waals surface area (Å²) in [6.45, 7) is 2.75. The summed E-state index contributed by atoms with van der Waals surface area (Å²) in [5, 5.41) is 2.80. The van der Waals surface area contributed by atoms with Crippen LogP contribution in [0.3, 0.4) is 0 Å². The topological polar surface area (TPSA) is 75.7 Å². The summed E-state index contributed by atoms with van der Waals surface area (Å²) >= 11 is 0. The number of rotatable bonds is 6. The fourth-order valence-corrected chi connectivity index (χ4v) is 5.56. The normalized spacial score (nSPS) is 18.4. The molecular formula is C29H30N2O4. The van der Waals surface area contributed by atoms with Crippen molar-refractivity contribution in [2.45, 2.75) is 51.4 Å². The van der Waals surface area contributed by atoms with E-state index in [1.807, 2.05) is 54.6 Å². The SMILES string of the molecule is CCN1C2=C(C(=O)CCC2)C(c2ccc(OCC(=O)Nc3ccccc3)cc2)C2=C1CCCC2=O. The third kappa shape index (κ3) is 4.53. The Kier molecular flexibility index (Phi) is 6.53. The van der Waals surface area contributed by atoms with Gasteiger partial charge < -0.3 is 15.0 Å². The third-order valence-electron chi connectivity index (χ3n) is 7.04. The van der Waals surface area contributed by atoms with E-state index in [1.54, 1.807) is 0 Å². The van der Waals surface area contributed by atoms with Gasteiger partial charge in [-0.05, 0) is 62.4 Å². The number of hydrogen-bond donors (Lipinski definition) is 1. The Morgan fingerprint density at radius 3 is 2.06 bits per heavy atom. The lowest BCUT2D eigenvalue weighted by atomic mass is 9.71. The van der Waals surface area contributed by atoms with E-state index in [4.69, 9.17) is 4.74 Å². The molecule has 2 aromatic carbocycles. The third-order valence-corrected chi connectivity index (χ3v) is 7.04. The van der Waals surface area contributed by atoms with Crippen LogP contribution in [-0.2, 0) is 14.4 Å². The van der Waals surface area contributed by atoms with E-state index in [0.29, 0.717) is 18.6 Å². The van der Waals surface area contributed by atoms with E-state index >= 15 is 0 Å². The number of Topliss-reactive ketones (excluding diaryl/α,β-unsaturated/α-hetero) is 2. The number of nitrogens with one attached hydrogen (secondary N) is 1. The molecule has 2 aromatic rings. The number of ketones is 2. The lowest BCUT2D eigenvalue weighted by Gasteiger charge is -2.43. The summed E-state index contributed by atoms with van der Waals surface area (Å²) in [6, 6.07) is 16.7. The number of allylic oxidation sites excluding steroid dienone is 4. The first-order chi connectivity index (χ1) is 17.1. The van der Waals surface area contributed by atoms with E-state index in [-0.39, 0.29) is 30.0 Å². The molecule has 3 aliphatic rings. The molecule has 1 heterocycles. The van der Waals surface area contributed by atoms with Crippen LogP contribution in [0.5, 0.6) is 5.75 Å². The smallest absolute Gasteiger partial charge is 0.262 e. The maximum Gasteiger partial charge on any atom is 0.262 e. The summed E-state index contributed by atoms with van der Waals surface area (Å²) in [5.41, 5.74) is 5.43. The molecule has 0 spiro atoms. The Morgan fingerprint density at radius 2 is 1.49 bits per heavy atom. The number of benzene rings is 2. The van der Waals surface area contributed by atoms with Crippen molar-refractivity contribution < 1.29 is 19.1 Å². The fraction of sp³-hybridized carbons (Fsp3) is 0.345. The zero-order valence-electron chi connectivity index (χ0n) is 20.0. The maximum absolute atomic E-state index is 13.2. The van der Waals surface area contributed by atoms with Gasteiger partial charge in [0.15, 0.2) is 18.2 Å². The summed E-state index contributed by atoms with van der Waals surface area (Å²) < 4.78 is 5.69. The van der Waals surface area contributed by atoms with Crippen molar-refractivity contribution in [2.24, 2.45) is 0 Å². The molecule has 0 atom stereocenters. The van der Waals surface area contributed by atoms with Crippen LogP contribution in [0.2, 0.25) is 0 Å². The number of nitrogens with zero attached hydrogens (tertiary/aromatic N) is 1. The van der Waals surface area contributed by atoms with Crippen LogP contribution in [0, 0.1) is 0 Å². The van der Waals surface area contributed by atoms with Gasteiger partial charge in [-0.25, -0.2) is 0 Å². The number of anilines is 1. The molecule has 0 unspecified atom stereocenters. The van der Waals surface area contributed by atoms with Crippen molar-refractivity contribution in [2.75, 3.05) is 18.5 Å². The second-order valence-corrected chi connectivity index (χ2v) is 9.22. The highest BCUT2D eigenvalue weighted by Gasteiger charge is 2.42. The predicted molar refractivity (Wildman–Crippen MR) is 134 cm³/mol. The van der Waals surface area contributed by atoms with Gasteiger partial charge in [-0.2, -0.15) is 0 Å². The van der Waals surface area contributed by atoms with Crippen LogP contribution in [0.1, 0.15) is 56.9 Å². The minimum absolute atomic E-state index is 0.106. The highest BCUT2D eigenvalue weighted by molar-refractivity contribution is 6.06. The standard InChI is InChI=1S/C29H30N2O4/c1-2-31-22-10-6-12-24(32)28(22)27(29-23(31)11-7-13-25(29)33)19-14-16-21(17-15-19)35-18-26(34)30-20-8-4-3-5-9-20/h3-5,8-9,14-17,27H,2,6-7,10-13,18H2,1H3,(H,30,34). The van der Waals surface area contributed by atoms with Crippen molar-refractivity contribution >= 4 is 23.2 Å². The van der Waals surface area contributed by atoms with Crippen LogP contribution in [0.15, 0.2) is 77.1 Å². The average molecular weight is 471 g/mol. The predicted octanol–water partition coefficient (Wildman–Crippen LogP) is 5.14. The van der Waals surface area contributed by atoms with Gasteiger partial charge in [0.05, 0.1) is 0 Å². The molecular weight excluding hydrogens is 440 g/mol. The lowest BCUT2D eigenvalue weighted by Crippen LogP contribution is -2.39. The molecule has 35 heavy (non-hydrogen) atoms. The molecule has 1 aliphatic heterocycles. The molecule has 180 valence electrons. The second-order valence-electron chi connectivity index (χ2n) is 9.22. The molecule has 0 aromatic heterocycles. The Hall–Kier alpha value is -3.67. The molecule has 6 nitrogen and oxygen atoms in total. The van der Waals surface area contributed by atoms with E-state index in [2.05, 4.69) is 17.1 Å². The lowest BCUT2D eigenvalue weighted by molar-refractivity contribution is -0.118. The Bertz CT molecular complexity index is 1170. The molecule has 6 heteroatoms. The number of para-hydroxylation sites is 1. The zero-order chi connectivity index (χ0) is 24.4. The molecule has 2 aliphatic carbocycles. The van der Waals surface area contributed by atoms with Gasteiger partial charge in [0.25, 0.3) is 5.91 Å². The summed E-state index contributed by atoms with van der Waals surface area (Å²) in [4.78, 5) is 40.8. The summed E-state index contributed by atoms with van der Waals surface area (Å²) in [6.07, 6.45) is 4.51. The number of carbonyl (C=O) groups excluding carboxylic acids is 3. The molecule has 0 saturated heterocycles. The van der Waals surface area contributed by atoms with Crippen LogP contribution in [0.25, 0.3) is 0 Å². The van der Waals surface area contributed by atoms with Crippen LogP contribution in [-0.4, -0.2) is 35.5 Å². The Morgan fingerprint density at radius 1 is 0.886 bits per heavy atom. The van der Waals surface area contributed by atoms with Gasteiger partial charge in [0.1, 0.15) is 5.75 Å². The fourth-order valence-electron chi connectivity index (χ4n) is 5.56. The minimum Gasteiger partial charge on any atom is -0.484 e. The van der Waals surface area contributed by atoms with E-state index < -0.39 is 0 Å². The largest absolute Gasteiger partial charge is 0.484 e. The quantitative estimate of drug-likeness (QED) is 0.633. The first kappa shape index (κ1) is 23.1. The average Bonchev–Trinajstić information content (AvgIpc) is 2.87. The maximum atomic E-state index is 13.2. The number of amides is 1. The highest BCUT2D eigenvalue weighted by Crippen LogP contribution is 2.49. The molecule has 0 bridgehead atoms. The van der Waals surface area contributed by atoms with Crippen LogP contribution >= 0.6 is 0 Å². The van der Waals surface area contributed by atoms with Gasteiger partial charge in [0.2, 0.25) is 0 Å². The van der Waals surface area contributed by atoms with Crippen LogP contribution in [0.4, 0.5) is 5.69 Å². The molecule has 0 saturated carbocycles. The Labute approximate surface area is 205 Å². The number of ether oxygens (including phenoxy) is 1. The summed E-state index contributed by atoms with van der Waals surface area (Å²) in [5.74, 6) is 0.308. The highest BCUT2D eigenvalue weighted by atomic mass is 16.5. The molecule has 1 N–H and O–H groups in total. The van der Waals surface area contributed by atoms with Crippen molar-refractivity contribution in [1.29, 1.82) is 0 Å². The van der Waals surface area contributed by atoms with Gasteiger partial charge in [0, 0.05) is 53.5 Å². The minimum atomic E-state index is -0.321. The van der Waals surface area contributed by atoms with Crippen molar-refractivity contribution in [3.05, 3.63) is 82.7 Å². The number of carbonyl (C=O) groups is 3. The molecule has 0 fully saturated rings.